The quantitative estimate of drug-likeness (QED) is 0.419. The molecule has 8 heteroatoms. The van der Waals surface area contributed by atoms with Gasteiger partial charge in [-0.1, -0.05) is 30.1 Å². The standard InChI is InChI=1S/C18H26Cl2N4O2/c1-3-17(25)24-9-7-14(12-24)23-18(21-2)22-8-4-10-26-16-6-5-13(19)11-15(16)20/h5-6,11,14H,3-4,7-10,12H2,1-2H3,(H2,21,22,23). The van der Waals surface area contributed by atoms with Crippen LogP contribution in [0.25, 0.3) is 0 Å². The number of likely N-dealkylation sites (tertiary alicyclic amines) is 1. The first-order chi connectivity index (χ1) is 12.5. The van der Waals surface area contributed by atoms with Gasteiger partial charge in [0.15, 0.2) is 5.96 Å². The number of nitrogens with zero attached hydrogens (tertiary/aromatic N) is 2. The van der Waals surface area contributed by atoms with Crippen LogP contribution in [0.5, 0.6) is 5.75 Å². The highest BCUT2D eigenvalue weighted by atomic mass is 35.5. The molecule has 2 rings (SSSR count). The number of aliphatic imine (C=N–C) groups is 1. The Morgan fingerprint density at radius 3 is 2.92 bits per heavy atom. The van der Waals surface area contributed by atoms with E-state index < -0.39 is 0 Å². The summed E-state index contributed by atoms with van der Waals surface area (Å²) in [6.45, 7) is 4.67. The highest BCUT2D eigenvalue weighted by molar-refractivity contribution is 6.35. The van der Waals surface area contributed by atoms with Crippen molar-refractivity contribution in [1.82, 2.24) is 15.5 Å². The van der Waals surface area contributed by atoms with E-state index >= 15 is 0 Å². The highest BCUT2D eigenvalue weighted by Crippen LogP contribution is 2.27. The van der Waals surface area contributed by atoms with Gasteiger partial charge in [-0.25, -0.2) is 0 Å². The minimum Gasteiger partial charge on any atom is -0.492 e. The van der Waals surface area contributed by atoms with Crippen LogP contribution in [0.1, 0.15) is 26.2 Å². The van der Waals surface area contributed by atoms with E-state index in [1.54, 1.807) is 25.2 Å². The third-order valence-corrected chi connectivity index (χ3v) is 4.70. The summed E-state index contributed by atoms with van der Waals surface area (Å²) in [6.07, 6.45) is 2.28. The molecule has 0 radical (unpaired) electrons. The van der Waals surface area contributed by atoms with E-state index in [1.165, 1.54) is 0 Å². The number of rotatable bonds is 7. The van der Waals surface area contributed by atoms with E-state index in [9.17, 15) is 4.79 Å². The molecule has 1 amide bonds. The molecule has 0 saturated carbocycles. The van der Waals surface area contributed by atoms with Gasteiger partial charge in [-0.3, -0.25) is 9.79 Å². The maximum absolute atomic E-state index is 11.7. The van der Waals surface area contributed by atoms with Crippen molar-refractivity contribution in [1.29, 1.82) is 0 Å². The number of benzene rings is 1. The molecule has 1 heterocycles. The summed E-state index contributed by atoms with van der Waals surface area (Å²) >= 11 is 11.9. The van der Waals surface area contributed by atoms with Gasteiger partial charge in [0.25, 0.3) is 0 Å². The van der Waals surface area contributed by atoms with E-state index in [0.29, 0.717) is 28.8 Å². The number of carbonyl (C=O) groups is 1. The Labute approximate surface area is 164 Å². The highest BCUT2D eigenvalue weighted by Gasteiger charge is 2.25. The van der Waals surface area contributed by atoms with Gasteiger partial charge in [0.2, 0.25) is 5.91 Å². The smallest absolute Gasteiger partial charge is 0.222 e. The van der Waals surface area contributed by atoms with Crippen LogP contribution in [-0.2, 0) is 4.79 Å². The second-order valence-electron chi connectivity index (χ2n) is 6.10. The monoisotopic (exact) mass is 400 g/mol. The first kappa shape index (κ1) is 20.6. The summed E-state index contributed by atoms with van der Waals surface area (Å²) in [6, 6.07) is 5.42. The molecule has 0 spiro atoms. The predicted octanol–water partition coefficient (Wildman–Crippen LogP) is 2.94. The molecule has 0 aromatic heterocycles. The molecule has 26 heavy (non-hydrogen) atoms. The number of amides is 1. The topological polar surface area (TPSA) is 66.0 Å². The molecule has 1 aromatic carbocycles. The molecule has 1 aliphatic rings. The molecule has 0 aliphatic carbocycles. The van der Waals surface area contributed by atoms with Crippen LogP contribution in [0.4, 0.5) is 0 Å². The molecule has 144 valence electrons. The second kappa shape index (κ2) is 10.5. The predicted molar refractivity (Wildman–Crippen MR) is 106 cm³/mol. The lowest BCUT2D eigenvalue weighted by Gasteiger charge is -2.18. The Balaban J connectivity index is 1.65. The summed E-state index contributed by atoms with van der Waals surface area (Å²) in [5, 5.41) is 7.73. The van der Waals surface area contributed by atoms with E-state index in [2.05, 4.69) is 15.6 Å². The van der Waals surface area contributed by atoms with Crippen molar-refractivity contribution in [2.45, 2.75) is 32.2 Å². The third-order valence-electron chi connectivity index (χ3n) is 4.17. The Kier molecular flexibility index (Phi) is 8.32. The zero-order valence-corrected chi connectivity index (χ0v) is 16.7. The van der Waals surface area contributed by atoms with Gasteiger partial charge in [-0.05, 0) is 31.0 Å². The van der Waals surface area contributed by atoms with Crippen molar-refractivity contribution in [2.24, 2.45) is 4.99 Å². The summed E-state index contributed by atoms with van der Waals surface area (Å²) in [5.74, 6) is 1.57. The van der Waals surface area contributed by atoms with Gasteiger partial charge in [0, 0.05) is 44.2 Å². The lowest BCUT2D eigenvalue weighted by atomic mass is 10.3. The maximum atomic E-state index is 11.7. The third kappa shape index (κ3) is 6.25. The average molecular weight is 401 g/mol. The van der Waals surface area contributed by atoms with Crippen molar-refractivity contribution in [2.75, 3.05) is 33.3 Å². The number of ether oxygens (including phenoxy) is 1. The zero-order chi connectivity index (χ0) is 18.9. The normalized spacial score (nSPS) is 17.3. The fourth-order valence-electron chi connectivity index (χ4n) is 2.77. The molecule has 6 nitrogen and oxygen atoms in total. The Morgan fingerprint density at radius 1 is 1.42 bits per heavy atom. The van der Waals surface area contributed by atoms with Crippen LogP contribution in [0.3, 0.4) is 0 Å². The Hall–Kier alpha value is -1.66. The first-order valence-corrected chi connectivity index (χ1v) is 9.62. The van der Waals surface area contributed by atoms with Crippen molar-refractivity contribution in [3.05, 3.63) is 28.2 Å². The minimum atomic E-state index is 0.204. The van der Waals surface area contributed by atoms with Crippen LogP contribution < -0.4 is 15.4 Å². The summed E-state index contributed by atoms with van der Waals surface area (Å²) in [7, 11) is 1.74. The lowest BCUT2D eigenvalue weighted by molar-refractivity contribution is -0.129. The molecule has 0 bridgehead atoms. The van der Waals surface area contributed by atoms with Crippen LogP contribution in [-0.4, -0.2) is 56.1 Å². The van der Waals surface area contributed by atoms with E-state index in [1.807, 2.05) is 11.8 Å². The first-order valence-electron chi connectivity index (χ1n) is 8.86. The van der Waals surface area contributed by atoms with Gasteiger partial charge in [0.05, 0.1) is 11.6 Å². The SMILES string of the molecule is CCC(=O)N1CCC(NC(=NC)NCCCOc2ccc(Cl)cc2Cl)C1. The molecule has 2 N–H and O–H groups in total. The summed E-state index contributed by atoms with van der Waals surface area (Å²) in [5.41, 5.74) is 0. The molecular weight excluding hydrogens is 375 g/mol. The molecule has 1 aliphatic heterocycles. The molecule has 1 atom stereocenters. The number of nitrogens with one attached hydrogen (secondary N) is 2. The van der Waals surface area contributed by atoms with E-state index in [4.69, 9.17) is 27.9 Å². The summed E-state index contributed by atoms with van der Waals surface area (Å²) < 4.78 is 5.66. The molecule has 1 unspecified atom stereocenters. The number of guanidine groups is 1. The molecule has 1 fully saturated rings. The van der Waals surface area contributed by atoms with Crippen molar-refractivity contribution < 1.29 is 9.53 Å². The molecule has 1 saturated heterocycles. The Bertz CT molecular complexity index is 640. The van der Waals surface area contributed by atoms with E-state index in [-0.39, 0.29) is 11.9 Å². The second-order valence-corrected chi connectivity index (χ2v) is 6.94. The van der Waals surface area contributed by atoms with Crippen LogP contribution in [0.2, 0.25) is 10.0 Å². The number of halogens is 2. The number of carbonyl (C=O) groups excluding carboxylic acids is 1. The number of hydrogen-bond acceptors (Lipinski definition) is 3. The zero-order valence-electron chi connectivity index (χ0n) is 15.2. The van der Waals surface area contributed by atoms with Gasteiger partial charge < -0.3 is 20.3 Å². The van der Waals surface area contributed by atoms with Crippen LogP contribution in [0.15, 0.2) is 23.2 Å². The summed E-state index contributed by atoms with van der Waals surface area (Å²) in [4.78, 5) is 17.9. The minimum absolute atomic E-state index is 0.204. The largest absolute Gasteiger partial charge is 0.492 e. The van der Waals surface area contributed by atoms with Gasteiger partial charge in [-0.15, -0.1) is 0 Å². The van der Waals surface area contributed by atoms with Crippen LogP contribution in [0, 0.1) is 0 Å². The van der Waals surface area contributed by atoms with Crippen molar-refractivity contribution in [3.63, 3.8) is 0 Å². The van der Waals surface area contributed by atoms with E-state index in [0.717, 1.165) is 38.4 Å². The molecule has 1 aromatic rings. The Morgan fingerprint density at radius 2 is 2.23 bits per heavy atom. The van der Waals surface area contributed by atoms with Gasteiger partial charge in [0.1, 0.15) is 5.75 Å². The van der Waals surface area contributed by atoms with Gasteiger partial charge in [-0.2, -0.15) is 0 Å². The van der Waals surface area contributed by atoms with Crippen LogP contribution >= 0.6 is 23.2 Å². The van der Waals surface area contributed by atoms with Crippen molar-refractivity contribution >= 4 is 35.1 Å². The average Bonchev–Trinajstić information content (AvgIpc) is 3.09. The lowest BCUT2D eigenvalue weighted by Crippen LogP contribution is -2.45. The molecular formula is C18H26Cl2N4O2. The number of hydrogen-bond donors (Lipinski definition) is 2. The maximum Gasteiger partial charge on any atom is 0.222 e. The van der Waals surface area contributed by atoms with Gasteiger partial charge >= 0.3 is 0 Å². The fourth-order valence-corrected chi connectivity index (χ4v) is 3.23. The van der Waals surface area contributed by atoms with Crippen molar-refractivity contribution in [3.8, 4) is 5.75 Å². The fraction of sp³-hybridized carbons (Fsp3) is 0.556.